The van der Waals surface area contributed by atoms with E-state index in [0.717, 1.165) is 25.9 Å². The SMILES string of the molecule is CCCN(CC1CCNCC1)S(=O)(=O)NC(=O)OC(C)C. The highest BCUT2D eigenvalue weighted by Gasteiger charge is 2.27. The molecule has 8 heteroatoms. The second-order valence-corrected chi connectivity index (χ2v) is 7.28. The van der Waals surface area contributed by atoms with Gasteiger partial charge in [0.1, 0.15) is 0 Å². The Morgan fingerprint density at radius 1 is 1.38 bits per heavy atom. The largest absolute Gasteiger partial charge is 0.446 e. The van der Waals surface area contributed by atoms with Crippen LogP contribution in [0.3, 0.4) is 0 Å². The van der Waals surface area contributed by atoms with Gasteiger partial charge in [-0.05, 0) is 52.1 Å². The van der Waals surface area contributed by atoms with Crippen molar-refractivity contribution >= 4 is 16.3 Å². The maximum absolute atomic E-state index is 12.3. The van der Waals surface area contributed by atoms with Gasteiger partial charge in [-0.2, -0.15) is 12.7 Å². The highest BCUT2D eigenvalue weighted by atomic mass is 32.2. The fourth-order valence-corrected chi connectivity index (χ4v) is 3.54. The van der Waals surface area contributed by atoms with Gasteiger partial charge in [0.25, 0.3) is 0 Å². The Morgan fingerprint density at radius 3 is 2.52 bits per heavy atom. The van der Waals surface area contributed by atoms with Crippen LogP contribution >= 0.6 is 0 Å². The van der Waals surface area contributed by atoms with Crippen molar-refractivity contribution in [1.82, 2.24) is 14.3 Å². The van der Waals surface area contributed by atoms with Crippen LogP contribution in [0.1, 0.15) is 40.0 Å². The van der Waals surface area contributed by atoms with Crippen LogP contribution in [-0.4, -0.2) is 51.1 Å². The smallest absolute Gasteiger partial charge is 0.422 e. The van der Waals surface area contributed by atoms with Crippen LogP contribution in [0.5, 0.6) is 0 Å². The first-order valence-electron chi connectivity index (χ1n) is 7.54. The summed E-state index contributed by atoms with van der Waals surface area (Å²) in [4.78, 5) is 11.5. The first-order chi connectivity index (χ1) is 9.85. The summed E-state index contributed by atoms with van der Waals surface area (Å²) >= 11 is 0. The number of carbonyl (C=O) groups is 1. The van der Waals surface area contributed by atoms with Gasteiger partial charge in [0.15, 0.2) is 0 Å². The quantitative estimate of drug-likeness (QED) is 0.732. The summed E-state index contributed by atoms with van der Waals surface area (Å²) in [6.07, 6.45) is 1.32. The number of rotatable bonds is 7. The minimum absolute atomic E-state index is 0.329. The van der Waals surface area contributed by atoms with Gasteiger partial charge < -0.3 is 10.1 Å². The van der Waals surface area contributed by atoms with Crippen LogP contribution in [0.15, 0.2) is 0 Å². The summed E-state index contributed by atoms with van der Waals surface area (Å²) in [7, 11) is -3.84. The Hall–Kier alpha value is -0.860. The minimum atomic E-state index is -3.84. The maximum Gasteiger partial charge on any atom is 0.422 e. The van der Waals surface area contributed by atoms with Crippen LogP contribution < -0.4 is 10.0 Å². The molecule has 1 saturated heterocycles. The molecule has 0 bridgehead atoms. The van der Waals surface area contributed by atoms with Gasteiger partial charge in [-0.15, -0.1) is 0 Å². The molecule has 1 aliphatic heterocycles. The van der Waals surface area contributed by atoms with Gasteiger partial charge in [0, 0.05) is 13.1 Å². The Bertz CT molecular complexity index is 419. The normalized spacial score (nSPS) is 17.2. The Labute approximate surface area is 127 Å². The molecule has 0 spiro atoms. The van der Waals surface area contributed by atoms with Crippen molar-refractivity contribution in [3.05, 3.63) is 0 Å². The lowest BCUT2D eigenvalue weighted by Gasteiger charge is -2.29. The highest BCUT2D eigenvalue weighted by molar-refractivity contribution is 7.87. The molecule has 124 valence electrons. The number of nitrogens with zero attached hydrogens (tertiary/aromatic N) is 1. The Morgan fingerprint density at radius 2 is 2.00 bits per heavy atom. The second kappa shape index (κ2) is 8.55. The van der Waals surface area contributed by atoms with Crippen LogP contribution in [0.2, 0.25) is 0 Å². The third-order valence-corrected chi connectivity index (χ3v) is 4.72. The van der Waals surface area contributed by atoms with E-state index in [0.29, 0.717) is 25.4 Å². The predicted octanol–water partition coefficient (Wildman–Crippen LogP) is 1.08. The zero-order valence-electron chi connectivity index (χ0n) is 13.1. The second-order valence-electron chi connectivity index (χ2n) is 5.61. The van der Waals surface area contributed by atoms with Gasteiger partial charge in [-0.25, -0.2) is 9.52 Å². The van der Waals surface area contributed by atoms with Gasteiger partial charge in [0.05, 0.1) is 6.10 Å². The molecule has 0 aromatic heterocycles. The molecule has 0 unspecified atom stereocenters. The standard InChI is InChI=1S/C13H27N3O4S/c1-4-9-16(10-12-5-7-14-8-6-12)21(18,19)15-13(17)20-11(2)3/h11-12,14H,4-10H2,1-3H3,(H,15,17). The summed E-state index contributed by atoms with van der Waals surface area (Å²) in [5.74, 6) is 0.329. The average Bonchev–Trinajstić information content (AvgIpc) is 2.37. The van der Waals surface area contributed by atoms with Gasteiger partial charge in [-0.1, -0.05) is 6.92 Å². The zero-order valence-corrected chi connectivity index (χ0v) is 13.9. The number of ether oxygens (including phenoxy) is 1. The molecule has 0 radical (unpaired) electrons. The van der Waals surface area contributed by atoms with Crippen molar-refractivity contribution in [2.24, 2.45) is 5.92 Å². The maximum atomic E-state index is 12.3. The number of hydrogen-bond acceptors (Lipinski definition) is 5. The molecule has 7 nitrogen and oxygen atoms in total. The lowest BCUT2D eigenvalue weighted by molar-refractivity contribution is 0.120. The molecular weight excluding hydrogens is 294 g/mol. The van der Waals surface area contributed by atoms with Crippen molar-refractivity contribution in [3.63, 3.8) is 0 Å². The molecule has 0 saturated carbocycles. The molecule has 1 heterocycles. The Kier molecular flexibility index (Phi) is 7.41. The molecule has 0 aliphatic carbocycles. The topological polar surface area (TPSA) is 87.7 Å². The monoisotopic (exact) mass is 321 g/mol. The molecule has 1 amide bonds. The van der Waals surface area contributed by atoms with Gasteiger partial charge in [-0.3, -0.25) is 0 Å². The summed E-state index contributed by atoms with van der Waals surface area (Å²) in [6, 6.07) is 0. The lowest BCUT2D eigenvalue weighted by atomic mass is 9.98. The van der Waals surface area contributed by atoms with Crippen molar-refractivity contribution in [2.75, 3.05) is 26.2 Å². The molecule has 21 heavy (non-hydrogen) atoms. The summed E-state index contributed by atoms with van der Waals surface area (Å²) < 4.78 is 32.7. The number of piperidine rings is 1. The van der Waals surface area contributed by atoms with Crippen molar-refractivity contribution in [1.29, 1.82) is 0 Å². The van der Waals surface area contributed by atoms with E-state index in [4.69, 9.17) is 4.74 Å². The lowest BCUT2D eigenvalue weighted by Crippen LogP contribution is -2.47. The van der Waals surface area contributed by atoms with Crippen LogP contribution in [0, 0.1) is 5.92 Å². The van der Waals surface area contributed by atoms with E-state index >= 15 is 0 Å². The number of hydrogen-bond donors (Lipinski definition) is 2. The summed E-state index contributed by atoms with van der Waals surface area (Å²) in [6.45, 7) is 7.92. The van der Waals surface area contributed by atoms with E-state index in [1.165, 1.54) is 4.31 Å². The van der Waals surface area contributed by atoms with E-state index in [9.17, 15) is 13.2 Å². The van der Waals surface area contributed by atoms with Crippen LogP contribution in [0.25, 0.3) is 0 Å². The van der Waals surface area contributed by atoms with Gasteiger partial charge >= 0.3 is 16.3 Å². The first-order valence-corrected chi connectivity index (χ1v) is 8.98. The van der Waals surface area contributed by atoms with Gasteiger partial charge in [0.2, 0.25) is 0 Å². The summed E-state index contributed by atoms with van der Waals surface area (Å²) in [5, 5.41) is 3.25. The molecule has 2 N–H and O–H groups in total. The molecule has 1 fully saturated rings. The third kappa shape index (κ3) is 6.62. The van der Waals surface area contributed by atoms with E-state index in [-0.39, 0.29) is 6.10 Å². The third-order valence-electron chi connectivity index (χ3n) is 3.29. The molecule has 1 rings (SSSR count). The number of amides is 1. The van der Waals surface area contributed by atoms with Crippen LogP contribution in [-0.2, 0) is 14.9 Å². The minimum Gasteiger partial charge on any atom is -0.446 e. The van der Waals surface area contributed by atoms with E-state index in [2.05, 4.69) is 5.32 Å². The Balaban J connectivity index is 2.65. The summed E-state index contributed by atoms with van der Waals surface area (Å²) in [5.41, 5.74) is 0. The fraction of sp³-hybridized carbons (Fsp3) is 0.923. The average molecular weight is 321 g/mol. The zero-order chi connectivity index (χ0) is 15.9. The number of carbonyl (C=O) groups excluding carboxylic acids is 1. The molecule has 0 atom stereocenters. The number of nitrogens with one attached hydrogen (secondary N) is 2. The molecule has 0 aromatic carbocycles. The van der Waals surface area contributed by atoms with E-state index in [1.807, 2.05) is 11.6 Å². The molecule has 0 aromatic rings. The van der Waals surface area contributed by atoms with Crippen molar-refractivity contribution in [2.45, 2.75) is 46.1 Å². The highest BCUT2D eigenvalue weighted by Crippen LogP contribution is 2.15. The van der Waals surface area contributed by atoms with E-state index in [1.54, 1.807) is 13.8 Å². The van der Waals surface area contributed by atoms with Crippen molar-refractivity contribution in [3.8, 4) is 0 Å². The first kappa shape index (κ1) is 18.2. The predicted molar refractivity (Wildman–Crippen MR) is 81.1 cm³/mol. The molecular formula is C13H27N3O4S. The fourth-order valence-electron chi connectivity index (χ4n) is 2.32. The molecule has 1 aliphatic rings. The van der Waals surface area contributed by atoms with Crippen LogP contribution in [0.4, 0.5) is 4.79 Å². The van der Waals surface area contributed by atoms with E-state index < -0.39 is 16.3 Å². The van der Waals surface area contributed by atoms with Crippen molar-refractivity contribution < 1.29 is 17.9 Å².